The summed E-state index contributed by atoms with van der Waals surface area (Å²) >= 11 is 0. The molecule has 0 saturated carbocycles. The van der Waals surface area contributed by atoms with Gasteiger partial charge in [0.25, 0.3) is 0 Å². The molecule has 1 aromatic rings. The van der Waals surface area contributed by atoms with Crippen LogP contribution in [0.15, 0.2) is 18.2 Å². The van der Waals surface area contributed by atoms with Crippen molar-refractivity contribution in [3.05, 3.63) is 29.3 Å². The molecule has 0 aromatic heterocycles. The van der Waals surface area contributed by atoms with Gasteiger partial charge in [0.15, 0.2) is 0 Å². The van der Waals surface area contributed by atoms with E-state index in [0.717, 1.165) is 12.3 Å². The lowest BCUT2D eigenvalue weighted by molar-refractivity contribution is 0.0286. The second-order valence-corrected chi connectivity index (χ2v) is 7.79. The van der Waals surface area contributed by atoms with Gasteiger partial charge >= 0.3 is 0 Å². The highest BCUT2D eigenvalue weighted by atomic mass is 16.3. The van der Waals surface area contributed by atoms with E-state index < -0.39 is 0 Å². The number of rotatable bonds is 3. The lowest BCUT2D eigenvalue weighted by Gasteiger charge is -2.54. The molecule has 0 radical (unpaired) electrons. The zero-order chi connectivity index (χ0) is 15.2. The molecule has 1 aliphatic carbocycles. The Balaban J connectivity index is 1.90. The van der Waals surface area contributed by atoms with Crippen LogP contribution in [0, 0.1) is 11.8 Å². The van der Waals surface area contributed by atoms with Crippen molar-refractivity contribution in [3.63, 3.8) is 0 Å². The van der Waals surface area contributed by atoms with Gasteiger partial charge in [-0.2, -0.15) is 0 Å². The predicted octanol–water partition coefficient (Wildman–Crippen LogP) is 3.96. The molecule has 1 N–H and O–H groups in total. The van der Waals surface area contributed by atoms with Crippen molar-refractivity contribution in [2.75, 3.05) is 13.1 Å². The molecule has 21 heavy (non-hydrogen) atoms. The first kappa shape index (κ1) is 14.9. The van der Waals surface area contributed by atoms with E-state index in [1.807, 2.05) is 12.1 Å². The molecule has 1 aliphatic heterocycles. The quantitative estimate of drug-likeness (QED) is 0.909. The largest absolute Gasteiger partial charge is 0.508 e. The lowest BCUT2D eigenvalue weighted by Crippen LogP contribution is -2.58. The Hall–Kier alpha value is -1.02. The van der Waals surface area contributed by atoms with E-state index in [-0.39, 0.29) is 5.41 Å². The van der Waals surface area contributed by atoms with Gasteiger partial charge in [0.2, 0.25) is 0 Å². The Morgan fingerprint density at radius 2 is 2.14 bits per heavy atom. The molecule has 3 atom stereocenters. The van der Waals surface area contributed by atoms with Gasteiger partial charge in [-0.3, -0.25) is 4.90 Å². The number of hydrogen-bond donors (Lipinski definition) is 1. The second kappa shape index (κ2) is 5.31. The van der Waals surface area contributed by atoms with Crippen LogP contribution in [-0.2, 0) is 11.8 Å². The molecule has 1 fully saturated rings. The molecular weight excluding hydrogens is 258 g/mol. The van der Waals surface area contributed by atoms with Crippen molar-refractivity contribution < 1.29 is 5.11 Å². The summed E-state index contributed by atoms with van der Waals surface area (Å²) in [5.74, 6) is 1.86. The summed E-state index contributed by atoms with van der Waals surface area (Å²) in [5, 5.41) is 9.87. The van der Waals surface area contributed by atoms with Crippen LogP contribution >= 0.6 is 0 Å². The van der Waals surface area contributed by atoms with E-state index in [2.05, 4.69) is 38.7 Å². The number of phenolic OH excluding ortho intramolecular Hbond substituents is 1. The summed E-state index contributed by atoms with van der Waals surface area (Å²) in [7, 11) is 0. The van der Waals surface area contributed by atoms with Gasteiger partial charge in [0, 0.05) is 6.04 Å². The average molecular weight is 287 g/mol. The molecule has 1 heterocycles. The zero-order valence-electron chi connectivity index (χ0n) is 13.9. The molecule has 0 amide bonds. The summed E-state index contributed by atoms with van der Waals surface area (Å²) < 4.78 is 0. The Kier molecular flexibility index (Phi) is 3.77. The van der Waals surface area contributed by atoms with E-state index in [9.17, 15) is 5.11 Å². The molecule has 2 aliphatic rings. The Morgan fingerprint density at radius 1 is 1.38 bits per heavy atom. The number of hydrogen-bond acceptors (Lipinski definition) is 2. The minimum absolute atomic E-state index is 0.228. The van der Waals surface area contributed by atoms with Crippen LogP contribution in [-0.4, -0.2) is 29.1 Å². The zero-order valence-corrected chi connectivity index (χ0v) is 13.9. The van der Waals surface area contributed by atoms with Gasteiger partial charge in [-0.25, -0.2) is 0 Å². The topological polar surface area (TPSA) is 23.5 Å². The summed E-state index contributed by atoms with van der Waals surface area (Å²) in [4.78, 5) is 2.72. The highest BCUT2D eigenvalue weighted by molar-refractivity contribution is 5.44. The van der Waals surface area contributed by atoms with Crippen molar-refractivity contribution in [1.82, 2.24) is 4.90 Å². The van der Waals surface area contributed by atoms with Crippen LogP contribution in [0.5, 0.6) is 5.75 Å². The van der Waals surface area contributed by atoms with Gasteiger partial charge < -0.3 is 5.11 Å². The summed E-state index contributed by atoms with van der Waals surface area (Å²) in [6.45, 7) is 11.9. The maximum Gasteiger partial charge on any atom is 0.115 e. The number of piperidine rings is 1. The molecular formula is C19H29NO. The van der Waals surface area contributed by atoms with Crippen LogP contribution < -0.4 is 0 Å². The van der Waals surface area contributed by atoms with Crippen molar-refractivity contribution in [1.29, 1.82) is 0 Å². The fourth-order valence-corrected chi connectivity index (χ4v) is 4.40. The van der Waals surface area contributed by atoms with E-state index in [4.69, 9.17) is 0 Å². The van der Waals surface area contributed by atoms with E-state index in [1.54, 1.807) is 0 Å². The maximum atomic E-state index is 9.87. The molecule has 2 nitrogen and oxygen atoms in total. The highest BCUT2D eigenvalue weighted by Crippen LogP contribution is 2.49. The predicted molar refractivity (Wildman–Crippen MR) is 87.8 cm³/mol. The Bertz CT molecular complexity index is 524. The van der Waals surface area contributed by atoms with Gasteiger partial charge in [-0.1, -0.05) is 33.8 Å². The second-order valence-electron chi connectivity index (χ2n) is 7.79. The fraction of sp³-hybridized carbons (Fsp3) is 0.684. The molecule has 2 bridgehead atoms. The average Bonchev–Trinajstić information content (AvgIpc) is 2.43. The third-order valence-electron chi connectivity index (χ3n) is 6.10. The maximum absolute atomic E-state index is 9.87. The fourth-order valence-electron chi connectivity index (χ4n) is 4.40. The number of nitrogens with zero attached hydrogens (tertiary/aromatic N) is 1. The number of phenols is 1. The summed E-state index contributed by atoms with van der Waals surface area (Å²) in [6.07, 6.45) is 3.64. The number of aromatic hydroxyl groups is 1. The van der Waals surface area contributed by atoms with Crippen molar-refractivity contribution in [3.8, 4) is 5.75 Å². The molecule has 0 unspecified atom stereocenters. The first-order valence-electron chi connectivity index (χ1n) is 8.48. The van der Waals surface area contributed by atoms with Gasteiger partial charge in [-0.05, 0) is 72.9 Å². The molecule has 0 spiro atoms. The first-order valence-corrected chi connectivity index (χ1v) is 8.48. The monoisotopic (exact) mass is 287 g/mol. The third kappa shape index (κ3) is 2.48. The van der Waals surface area contributed by atoms with Crippen LogP contribution in [0.2, 0.25) is 0 Å². The molecule has 116 valence electrons. The van der Waals surface area contributed by atoms with Crippen LogP contribution in [0.1, 0.15) is 51.7 Å². The molecule has 2 heteroatoms. The van der Waals surface area contributed by atoms with E-state index in [1.165, 1.54) is 37.1 Å². The van der Waals surface area contributed by atoms with Crippen molar-refractivity contribution in [2.24, 2.45) is 11.8 Å². The molecule has 1 aromatic carbocycles. The Morgan fingerprint density at radius 3 is 2.86 bits per heavy atom. The third-order valence-corrected chi connectivity index (χ3v) is 6.10. The lowest BCUT2D eigenvalue weighted by atomic mass is 9.59. The van der Waals surface area contributed by atoms with Gasteiger partial charge in [0.05, 0.1) is 0 Å². The summed E-state index contributed by atoms with van der Waals surface area (Å²) in [6, 6.07) is 6.69. The first-order chi connectivity index (χ1) is 9.91. The van der Waals surface area contributed by atoms with Crippen LogP contribution in [0.3, 0.4) is 0 Å². The van der Waals surface area contributed by atoms with Crippen molar-refractivity contribution in [2.45, 2.75) is 58.4 Å². The summed E-state index contributed by atoms with van der Waals surface area (Å²) in [5.41, 5.74) is 3.08. The highest BCUT2D eigenvalue weighted by Gasteiger charge is 2.48. The standard InChI is InChI=1S/C19H29NO/c1-13(2)7-9-20-10-8-19(4)14(3)18(20)11-15-5-6-16(21)12-17(15)19/h5-6,12-14,18,21H,7-11H2,1-4H3/t14-,18+,19-/m0/s1. The Labute approximate surface area is 129 Å². The SMILES string of the molecule is CC(C)CCN1CC[C@]2(C)c3cc(O)ccc3C[C@@H]1[C@@H]2C. The van der Waals surface area contributed by atoms with E-state index in [0.29, 0.717) is 17.7 Å². The van der Waals surface area contributed by atoms with E-state index >= 15 is 0 Å². The number of likely N-dealkylation sites (tertiary alicyclic amines) is 1. The smallest absolute Gasteiger partial charge is 0.115 e. The van der Waals surface area contributed by atoms with Crippen LogP contribution in [0.25, 0.3) is 0 Å². The number of benzene rings is 1. The van der Waals surface area contributed by atoms with Gasteiger partial charge in [-0.15, -0.1) is 0 Å². The molecule has 1 saturated heterocycles. The van der Waals surface area contributed by atoms with Gasteiger partial charge in [0.1, 0.15) is 5.75 Å². The minimum Gasteiger partial charge on any atom is -0.508 e. The molecule has 3 rings (SSSR count). The number of fused-ring (bicyclic) bond motifs is 4. The minimum atomic E-state index is 0.228. The normalized spacial score (nSPS) is 32.2. The van der Waals surface area contributed by atoms with Crippen LogP contribution in [0.4, 0.5) is 0 Å². The van der Waals surface area contributed by atoms with Crippen molar-refractivity contribution >= 4 is 0 Å².